The van der Waals surface area contributed by atoms with Crippen LogP contribution in [0.2, 0.25) is 5.15 Å². The van der Waals surface area contributed by atoms with Crippen molar-refractivity contribution in [2.75, 3.05) is 0 Å². The molecule has 1 heterocycles. The maximum atomic E-state index is 11.8. The molecule has 1 aromatic heterocycles. The number of nitrogens with zero attached hydrogens (tertiary/aromatic N) is 2. The second-order valence-electron chi connectivity index (χ2n) is 4.59. The zero-order chi connectivity index (χ0) is 17.4. The molecular weight excluding hydrogens is 346 g/mol. The van der Waals surface area contributed by atoms with E-state index in [1.165, 1.54) is 19.2 Å². The molecule has 0 spiro atoms. The average Bonchev–Trinajstić information content (AvgIpc) is 2.45. The maximum absolute atomic E-state index is 11.8. The standard InChI is InChI=1S/C13H10ClN3O5S/c1-7(18)9-5-13(14)16-6-11(9)10-4-8(23(15,21)22)2-3-12(10)17(19)20/h2-6H,1H3,(H2,15,21,22). The van der Waals surface area contributed by atoms with Crippen molar-refractivity contribution in [3.8, 4) is 11.1 Å². The molecule has 0 radical (unpaired) electrons. The number of rotatable bonds is 4. The van der Waals surface area contributed by atoms with Crippen LogP contribution in [0.3, 0.4) is 0 Å². The molecule has 2 aromatic rings. The summed E-state index contributed by atoms with van der Waals surface area (Å²) < 4.78 is 22.9. The maximum Gasteiger partial charge on any atom is 0.277 e. The van der Waals surface area contributed by atoms with Crippen molar-refractivity contribution >= 4 is 33.1 Å². The zero-order valence-corrected chi connectivity index (χ0v) is 13.3. The smallest absolute Gasteiger partial charge is 0.277 e. The topological polar surface area (TPSA) is 133 Å². The summed E-state index contributed by atoms with van der Waals surface area (Å²) in [5.41, 5.74) is -0.293. The number of pyridine rings is 1. The summed E-state index contributed by atoms with van der Waals surface area (Å²) in [7, 11) is -4.07. The number of nitrogens with two attached hydrogens (primary N) is 1. The fraction of sp³-hybridized carbons (Fsp3) is 0.0769. The second kappa shape index (κ2) is 6.03. The monoisotopic (exact) mass is 355 g/mol. The van der Waals surface area contributed by atoms with Crippen molar-refractivity contribution in [3.05, 3.63) is 51.3 Å². The number of carbonyl (C=O) groups excluding carboxylic acids is 1. The van der Waals surface area contributed by atoms with Crippen molar-refractivity contribution in [1.82, 2.24) is 4.98 Å². The molecular formula is C13H10ClN3O5S. The molecule has 10 heteroatoms. The molecule has 0 atom stereocenters. The Balaban J connectivity index is 2.86. The Morgan fingerprint density at radius 2 is 1.96 bits per heavy atom. The molecule has 0 saturated carbocycles. The van der Waals surface area contributed by atoms with Crippen molar-refractivity contribution < 1.29 is 18.1 Å². The van der Waals surface area contributed by atoms with E-state index in [0.29, 0.717) is 0 Å². The molecule has 0 aliphatic carbocycles. The van der Waals surface area contributed by atoms with E-state index in [-0.39, 0.29) is 32.4 Å². The predicted octanol–water partition coefficient (Wildman–Crippen LogP) is 2.16. The van der Waals surface area contributed by atoms with Crippen LogP contribution in [-0.4, -0.2) is 24.1 Å². The molecule has 2 N–H and O–H groups in total. The molecule has 120 valence electrons. The fourth-order valence-corrected chi connectivity index (χ4v) is 2.70. The van der Waals surface area contributed by atoms with Crippen LogP contribution in [0.5, 0.6) is 0 Å². The van der Waals surface area contributed by atoms with Crippen molar-refractivity contribution in [1.29, 1.82) is 0 Å². The average molecular weight is 356 g/mol. The lowest BCUT2D eigenvalue weighted by molar-refractivity contribution is -0.384. The molecule has 0 aliphatic heterocycles. The number of benzene rings is 1. The van der Waals surface area contributed by atoms with Gasteiger partial charge in [0.2, 0.25) is 10.0 Å². The van der Waals surface area contributed by atoms with Gasteiger partial charge < -0.3 is 0 Å². The number of aromatic nitrogens is 1. The van der Waals surface area contributed by atoms with Crippen LogP contribution in [0.4, 0.5) is 5.69 Å². The van der Waals surface area contributed by atoms with Crippen LogP contribution in [-0.2, 0) is 10.0 Å². The summed E-state index contributed by atoms with van der Waals surface area (Å²) in [4.78, 5) is 25.7. The Kier molecular flexibility index (Phi) is 4.46. The lowest BCUT2D eigenvalue weighted by Crippen LogP contribution is -2.12. The molecule has 0 saturated heterocycles. The highest BCUT2D eigenvalue weighted by atomic mass is 35.5. The van der Waals surface area contributed by atoms with Gasteiger partial charge in [0.15, 0.2) is 5.78 Å². The SMILES string of the molecule is CC(=O)c1cc(Cl)ncc1-c1cc(S(N)(=O)=O)ccc1[N+](=O)[O-]. The normalized spacial score (nSPS) is 11.3. The molecule has 0 unspecified atom stereocenters. The highest BCUT2D eigenvalue weighted by molar-refractivity contribution is 7.89. The van der Waals surface area contributed by atoms with Crippen LogP contribution >= 0.6 is 11.6 Å². The van der Waals surface area contributed by atoms with E-state index in [2.05, 4.69) is 4.98 Å². The van der Waals surface area contributed by atoms with Crippen LogP contribution in [0.15, 0.2) is 35.4 Å². The molecule has 0 amide bonds. The van der Waals surface area contributed by atoms with Crippen LogP contribution in [0.1, 0.15) is 17.3 Å². The van der Waals surface area contributed by atoms with Gasteiger partial charge in [0, 0.05) is 23.4 Å². The van der Waals surface area contributed by atoms with Gasteiger partial charge in [-0.05, 0) is 25.1 Å². The van der Waals surface area contributed by atoms with Crippen molar-refractivity contribution in [2.45, 2.75) is 11.8 Å². The summed E-state index contributed by atoms with van der Waals surface area (Å²) in [6.45, 7) is 1.25. The van der Waals surface area contributed by atoms with E-state index in [4.69, 9.17) is 16.7 Å². The summed E-state index contributed by atoms with van der Waals surface area (Å²) in [5, 5.41) is 16.3. The predicted molar refractivity (Wildman–Crippen MR) is 82.7 cm³/mol. The van der Waals surface area contributed by atoms with E-state index in [1.807, 2.05) is 0 Å². The number of hydrogen-bond acceptors (Lipinski definition) is 6. The van der Waals surface area contributed by atoms with Crippen molar-refractivity contribution in [2.24, 2.45) is 5.14 Å². The molecule has 0 aliphatic rings. The van der Waals surface area contributed by atoms with E-state index < -0.39 is 20.7 Å². The van der Waals surface area contributed by atoms with Gasteiger partial charge in [0.1, 0.15) is 5.15 Å². The van der Waals surface area contributed by atoms with Crippen molar-refractivity contribution in [3.63, 3.8) is 0 Å². The quantitative estimate of drug-likeness (QED) is 0.386. The van der Waals surface area contributed by atoms with Gasteiger partial charge in [-0.1, -0.05) is 11.6 Å². The Hall–Kier alpha value is -2.36. The summed E-state index contributed by atoms with van der Waals surface area (Å²) >= 11 is 5.74. The lowest BCUT2D eigenvalue weighted by Gasteiger charge is -2.09. The van der Waals surface area contributed by atoms with E-state index in [0.717, 1.165) is 18.2 Å². The Morgan fingerprint density at radius 1 is 1.30 bits per heavy atom. The third-order valence-corrected chi connectivity index (χ3v) is 4.15. The van der Waals surface area contributed by atoms with Gasteiger partial charge in [0.05, 0.1) is 15.4 Å². The van der Waals surface area contributed by atoms with Crippen LogP contribution < -0.4 is 5.14 Å². The van der Waals surface area contributed by atoms with Gasteiger partial charge in [-0.15, -0.1) is 0 Å². The number of hydrogen-bond donors (Lipinski definition) is 1. The Bertz CT molecular complexity index is 927. The molecule has 8 nitrogen and oxygen atoms in total. The summed E-state index contributed by atoms with van der Waals surface area (Å²) in [5.74, 6) is -0.403. The van der Waals surface area contributed by atoms with Gasteiger partial charge >= 0.3 is 0 Å². The number of carbonyl (C=O) groups is 1. The first kappa shape index (κ1) is 17.0. The highest BCUT2D eigenvalue weighted by Gasteiger charge is 2.23. The number of nitro benzene ring substituents is 1. The van der Waals surface area contributed by atoms with Gasteiger partial charge in [0.25, 0.3) is 5.69 Å². The van der Waals surface area contributed by atoms with Crippen LogP contribution in [0.25, 0.3) is 11.1 Å². The largest absolute Gasteiger partial charge is 0.294 e. The van der Waals surface area contributed by atoms with Gasteiger partial charge in [-0.2, -0.15) is 0 Å². The molecule has 0 bridgehead atoms. The molecule has 1 aromatic carbocycles. The van der Waals surface area contributed by atoms with Gasteiger partial charge in [-0.25, -0.2) is 18.5 Å². The zero-order valence-electron chi connectivity index (χ0n) is 11.7. The minimum absolute atomic E-state index is 0.0317. The first-order valence-electron chi connectivity index (χ1n) is 6.09. The van der Waals surface area contributed by atoms with E-state index >= 15 is 0 Å². The third-order valence-electron chi connectivity index (χ3n) is 3.03. The Morgan fingerprint density at radius 3 is 2.48 bits per heavy atom. The number of halogens is 1. The lowest BCUT2D eigenvalue weighted by atomic mass is 9.98. The van der Waals surface area contributed by atoms with Gasteiger partial charge in [-0.3, -0.25) is 14.9 Å². The first-order valence-corrected chi connectivity index (χ1v) is 8.02. The number of nitro groups is 1. The fourth-order valence-electron chi connectivity index (χ4n) is 2.00. The molecule has 23 heavy (non-hydrogen) atoms. The van der Waals surface area contributed by atoms with E-state index in [1.54, 1.807) is 0 Å². The minimum atomic E-state index is -4.07. The Labute approximate surface area is 136 Å². The number of ketones is 1. The first-order chi connectivity index (χ1) is 10.6. The third kappa shape index (κ3) is 3.52. The number of Topliss-reactive ketones (excluding diaryl/α,β-unsaturated/α-hetero) is 1. The molecule has 0 fully saturated rings. The second-order valence-corrected chi connectivity index (χ2v) is 6.54. The number of primary sulfonamides is 1. The highest BCUT2D eigenvalue weighted by Crippen LogP contribution is 2.34. The number of sulfonamides is 1. The molecule has 2 rings (SSSR count). The van der Waals surface area contributed by atoms with E-state index in [9.17, 15) is 23.3 Å². The minimum Gasteiger partial charge on any atom is -0.294 e. The van der Waals surface area contributed by atoms with Crippen LogP contribution in [0, 0.1) is 10.1 Å². The summed E-state index contributed by atoms with van der Waals surface area (Å²) in [6.07, 6.45) is 1.17. The summed E-state index contributed by atoms with van der Waals surface area (Å²) in [6, 6.07) is 4.32.